The molecule has 4 aromatic rings. The summed E-state index contributed by atoms with van der Waals surface area (Å²) in [4.78, 5) is 23.6. The lowest BCUT2D eigenvalue weighted by Gasteiger charge is -2.30. The van der Waals surface area contributed by atoms with E-state index in [1.165, 1.54) is 12.7 Å². The molecule has 1 N–H and O–H groups in total. The number of fused-ring (bicyclic) bond motifs is 1. The lowest BCUT2D eigenvalue weighted by Crippen LogP contribution is -2.39. The number of amides is 1. The molecule has 4 heterocycles. The maximum atomic E-state index is 12.9. The molecule has 1 aromatic carbocycles. The third-order valence-electron chi connectivity index (χ3n) is 5.55. The molecule has 0 spiro atoms. The highest BCUT2D eigenvalue weighted by molar-refractivity contribution is 5.97. The molecule has 0 bridgehead atoms. The molecule has 146 valence electrons. The first-order valence-corrected chi connectivity index (χ1v) is 9.91. The molecule has 7 heteroatoms. The first-order chi connectivity index (χ1) is 14.2. The Kier molecular flexibility index (Phi) is 4.35. The van der Waals surface area contributed by atoms with Crippen LogP contribution in [0.15, 0.2) is 55.1 Å². The Labute approximate surface area is 168 Å². The van der Waals surface area contributed by atoms with Gasteiger partial charge in [0.25, 0.3) is 5.91 Å². The summed E-state index contributed by atoms with van der Waals surface area (Å²) in [5.41, 5.74) is 3.46. The van der Waals surface area contributed by atoms with Gasteiger partial charge in [0.15, 0.2) is 5.82 Å². The van der Waals surface area contributed by atoms with Gasteiger partial charge in [-0.05, 0) is 55.2 Å². The summed E-state index contributed by atoms with van der Waals surface area (Å²) < 4.78 is 2.02. The van der Waals surface area contributed by atoms with Crippen molar-refractivity contribution in [3.63, 3.8) is 0 Å². The average Bonchev–Trinajstić information content (AvgIpc) is 3.43. The van der Waals surface area contributed by atoms with Gasteiger partial charge in [-0.15, -0.1) is 0 Å². The Morgan fingerprint density at radius 3 is 2.79 bits per heavy atom. The number of nitrogens with zero attached hydrogens (tertiary/aromatic N) is 5. The normalized spacial score (nSPS) is 17.0. The van der Waals surface area contributed by atoms with Gasteiger partial charge in [0.05, 0.1) is 5.56 Å². The molecule has 1 atom stereocenters. The fourth-order valence-electron chi connectivity index (χ4n) is 4.03. The van der Waals surface area contributed by atoms with Crippen molar-refractivity contribution in [3.05, 3.63) is 60.7 Å². The van der Waals surface area contributed by atoms with Crippen molar-refractivity contribution >= 4 is 16.9 Å². The van der Waals surface area contributed by atoms with Crippen molar-refractivity contribution in [2.75, 3.05) is 13.1 Å². The zero-order valence-electron chi connectivity index (χ0n) is 16.2. The number of carbonyl (C=O) groups is 1. The highest BCUT2D eigenvalue weighted by Gasteiger charge is 2.22. The molecule has 1 saturated heterocycles. The standard InChI is InChI=1S/C22H22N6O/c1-15-3-2-9-27(13-15)22(29)18-11-17-8-10-28(21(17)23-12-18)19-6-4-16(5-7-19)20-24-14-25-26-20/h4-8,10-12,14-15H,2-3,9,13H2,1H3,(H,24,25,26)/t15-/m0/s1. The van der Waals surface area contributed by atoms with E-state index in [-0.39, 0.29) is 5.91 Å². The number of H-pyrrole nitrogens is 1. The molecular formula is C22H22N6O. The molecule has 1 aliphatic heterocycles. The molecule has 29 heavy (non-hydrogen) atoms. The number of aromatic nitrogens is 5. The summed E-state index contributed by atoms with van der Waals surface area (Å²) in [6.07, 6.45) is 7.44. The number of pyridine rings is 1. The van der Waals surface area contributed by atoms with Crippen LogP contribution in [0.25, 0.3) is 28.1 Å². The van der Waals surface area contributed by atoms with E-state index >= 15 is 0 Å². The lowest BCUT2D eigenvalue weighted by molar-refractivity contribution is 0.0683. The molecule has 0 unspecified atom stereocenters. The summed E-state index contributed by atoms with van der Waals surface area (Å²) in [5, 5.41) is 7.72. The number of rotatable bonds is 3. The third-order valence-corrected chi connectivity index (χ3v) is 5.55. The van der Waals surface area contributed by atoms with Crippen LogP contribution in [0.1, 0.15) is 30.1 Å². The Morgan fingerprint density at radius 2 is 2.03 bits per heavy atom. The average molecular weight is 386 g/mol. The fraction of sp³-hybridized carbons (Fsp3) is 0.273. The minimum Gasteiger partial charge on any atom is -0.338 e. The Morgan fingerprint density at radius 1 is 1.17 bits per heavy atom. The zero-order valence-corrected chi connectivity index (χ0v) is 16.2. The molecule has 1 fully saturated rings. The van der Waals surface area contributed by atoms with Crippen LogP contribution in [0, 0.1) is 5.92 Å². The first kappa shape index (κ1) is 17.6. The molecule has 0 radical (unpaired) electrons. The van der Waals surface area contributed by atoms with Crippen molar-refractivity contribution in [1.82, 2.24) is 29.6 Å². The van der Waals surface area contributed by atoms with Crippen molar-refractivity contribution < 1.29 is 4.79 Å². The molecule has 1 aliphatic rings. The SMILES string of the molecule is C[C@H]1CCCN(C(=O)c2cnc3c(ccn3-c3ccc(-c4ncn[nH]4)cc3)c2)C1. The van der Waals surface area contributed by atoms with E-state index in [4.69, 9.17) is 0 Å². The van der Waals surface area contributed by atoms with Crippen LogP contribution < -0.4 is 0 Å². The zero-order chi connectivity index (χ0) is 19.8. The molecular weight excluding hydrogens is 364 g/mol. The molecule has 5 rings (SSSR count). The van der Waals surface area contributed by atoms with E-state index in [0.29, 0.717) is 11.5 Å². The summed E-state index contributed by atoms with van der Waals surface area (Å²) >= 11 is 0. The molecule has 1 amide bonds. The van der Waals surface area contributed by atoms with Gasteiger partial charge in [0.2, 0.25) is 0 Å². The second kappa shape index (κ2) is 7.16. The quantitative estimate of drug-likeness (QED) is 0.582. The van der Waals surface area contributed by atoms with E-state index in [1.807, 2.05) is 52.1 Å². The molecule has 3 aromatic heterocycles. The Balaban J connectivity index is 1.43. The number of benzene rings is 1. The van der Waals surface area contributed by atoms with Crippen molar-refractivity contribution in [2.24, 2.45) is 5.92 Å². The van der Waals surface area contributed by atoms with Gasteiger partial charge in [0, 0.05) is 42.1 Å². The molecule has 0 saturated carbocycles. The van der Waals surface area contributed by atoms with E-state index < -0.39 is 0 Å². The van der Waals surface area contributed by atoms with Crippen LogP contribution in [0.5, 0.6) is 0 Å². The van der Waals surface area contributed by atoms with Gasteiger partial charge >= 0.3 is 0 Å². The van der Waals surface area contributed by atoms with Crippen LogP contribution in [-0.4, -0.2) is 48.6 Å². The van der Waals surface area contributed by atoms with Gasteiger partial charge in [-0.3, -0.25) is 9.89 Å². The predicted octanol–water partition coefficient (Wildman–Crippen LogP) is 3.68. The van der Waals surface area contributed by atoms with Crippen molar-refractivity contribution in [3.8, 4) is 17.1 Å². The minimum absolute atomic E-state index is 0.0788. The summed E-state index contributed by atoms with van der Waals surface area (Å²) in [7, 11) is 0. The number of piperidine rings is 1. The summed E-state index contributed by atoms with van der Waals surface area (Å²) in [6.45, 7) is 3.86. The Bertz CT molecular complexity index is 1150. The van der Waals surface area contributed by atoms with Gasteiger partial charge in [0.1, 0.15) is 12.0 Å². The minimum atomic E-state index is 0.0788. The first-order valence-electron chi connectivity index (χ1n) is 9.91. The number of carbonyl (C=O) groups excluding carboxylic acids is 1. The van der Waals surface area contributed by atoms with Gasteiger partial charge in [-0.1, -0.05) is 6.92 Å². The largest absolute Gasteiger partial charge is 0.338 e. The van der Waals surface area contributed by atoms with E-state index in [1.54, 1.807) is 6.20 Å². The van der Waals surface area contributed by atoms with E-state index in [2.05, 4.69) is 27.1 Å². The number of hydrogen-bond acceptors (Lipinski definition) is 4. The van der Waals surface area contributed by atoms with Crippen LogP contribution in [0.4, 0.5) is 0 Å². The van der Waals surface area contributed by atoms with Gasteiger partial charge in [-0.25, -0.2) is 9.97 Å². The summed E-state index contributed by atoms with van der Waals surface area (Å²) in [5.74, 6) is 1.38. The maximum absolute atomic E-state index is 12.9. The predicted molar refractivity (Wildman–Crippen MR) is 111 cm³/mol. The number of hydrogen-bond donors (Lipinski definition) is 1. The lowest BCUT2D eigenvalue weighted by atomic mass is 9.99. The highest BCUT2D eigenvalue weighted by Crippen LogP contribution is 2.23. The monoisotopic (exact) mass is 386 g/mol. The molecule has 7 nitrogen and oxygen atoms in total. The van der Waals surface area contributed by atoms with Crippen LogP contribution >= 0.6 is 0 Å². The van der Waals surface area contributed by atoms with Gasteiger partial charge < -0.3 is 9.47 Å². The van der Waals surface area contributed by atoms with Crippen LogP contribution in [-0.2, 0) is 0 Å². The molecule has 0 aliphatic carbocycles. The van der Waals surface area contributed by atoms with E-state index in [0.717, 1.165) is 47.6 Å². The highest BCUT2D eigenvalue weighted by atomic mass is 16.2. The second-order valence-electron chi connectivity index (χ2n) is 7.70. The van der Waals surface area contributed by atoms with E-state index in [9.17, 15) is 4.79 Å². The Hall–Kier alpha value is -3.48. The smallest absolute Gasteiger partial charge is 0.255 e. The van der Waals surface area contributed by atoms with Crippen molar-refractivity contribution in [1.29, 1.82) is 0 Å². The van der Waals surface area contributed by atoms with Crippen LogP contribution in [0.2, 0.25) is 0 Å². The number of aromatic amines is 1. The second-order valence-corrected chi connectivity index (χ2v) is 7.70. The number of likely N-dealkylation sites (tertiary alicyclic amines) is 1. The number of nitrogens with one attached hydrogen (secondary N) is 1. The maximum Gasteiger partial charge on any atom is 0.255 e. The van der Waals surface area contributed by atoms with Crippen molar-refractivity contribution in [2.45, 2.75) is 19.8 Å². The van der Waals surface area contributed by atoms with Gasteiger partial charge in [-0.2, -0.15) is 5.10 Å². The fourth-order valence-corrected chi connectivity index (χ4v) is 4.03. The third kappa shape index (κ3) is 3.29. The topological polar surface area (TPSA) is 79.7 Å². The van der Waals surface area contributed by atoms with Crippen LogP contribution in [0.3, 0.4) is 0 Å². The summed E-state index contributed by atoms with van der Waals surface area (Å²) in [6, 6.07) is 12.0.